The van der Waals surface area contributed by atoms with Gasteiger partial charge >= 0.3 is 0 Å². The third-order valence-electron chi connectivity index (χ3n) is 6.97. The lowest BCUT2D eigenvalue weighted by Gasteiger charge is -2.43. The Hall–Kier alpha value is -1.78. The molecule has 0 N–H and O–H groups in total. The second kappa shape index (κ2) is 12.5. The van der Waals surface area contributed by atoms with Crippen LogP contribution in [0, 0.1) is 16.7 Å². The lowest BCUT2D eigenvalue weighted by molar-refractivity contribution is -0.168. The van der Waals surface area contributed by atoms with E-state index in [-0.39, 0.29) is 22.9 Å². The second-order valence-corrected chi connectivity index (χ2v) is 12.8. The Morgan fingerprint density at radius 2 is 1.51 bits per heavy atom. The number of carbonyl (C=O) groups excluding carboxylic acids is 2. The molecule has 0 aliphatic carbocycles. The number of Topliss-reactive ketones (excluding diaryl/α,β-unsaturated/α-hetero) is 2. The molecule has 2 unspecified atom stereocenters. The molecular formula is C31H50O4. The van der Waals surface area contributed by atoms with Gasteiger partial charge in [-0.2, -0.15) is 0 Å². The number of ether oxygens (including phenoxy) is 2. The van der Waals surface area contributed by atoms with Gasteiger partial charge in [0.2, 0.25) is 0 Å². The summed E-state index contributed by atoms with van der Waals surface area (Å²) in [5, 5.41) is 0. The number of hydrogen-bond acceptors (Lipinski definition) is 4. The summed E-state index contributed by atoms with van der Waals surface area (Å²) in [6, 6.07) is 9.99. The molecule has 1 aromatic rings. The van der Waals surface area contributed by atoms with Gasteiger partial charge in [0.1, 0.15) is 11.9 Å². The van der Waals surface area contributed by atoms with Gasteiger partial charge in [0.25, 0.3) is 0 Å². The van der Waals surface area contributed by atoms with Gasteiger partial charge in [0.15, 0.2) is 5.78 Å². The van der Waals surface area contributed by atoms with Crippen LogP contribution >= 0.6 is 0 Å². The first-order valence-electron chi connectivity index (χ1n) is 12.9. The van der Waals surface area contributed by atoms with Crippen LogP contribution in [0.4, 0.5) is 0 Å². The third-order valence-corrected chi connectivity index (χ3v) is 6.97. The average molecular weight is 487 g/mol. The molecule has 0 bridgehead atoms. The number of benzene rings is 1. The molecule has 1 aromatic carbocycles. The van der Waals surface area contributed by atoms with Crippen molar-refractivity contribution in [2.45, 2.75) is 112 Å². The molecule has 0 radical (unpaired) electrons. The van der Waals surface area contributed by atoms with E-state index in [1.54, 1.807) is 0 Å². The maximum absolute atomic E-state index is 13.9. The summed E-state index contributed by atoms with van der Waals surface area (Å²) in [4.78, 5) is 26.4. The van der Waals surface area contributed by atoms with Gasteiger partial charge < -0.3 is 9.47 Å². The topological polar surface area (TPSA) is 52.6 Å². The van der Waals surface area contributed by atoms with E-state index in [1.807, 2.05) is 106 Å². The fourth-order valence-electron chi connectivity index (χ4n) is 3.91. The Morgan fingerprint density at radius 1 is 0.943 bits per heavy atom. The zero-order chi connectivity index (χ0) is 27.1. The minimum Gasteiger partial charge on any atom is -0.375 e. The van der Waals surface area contributed by atoms with Gasteiger partial charge in [-0.05, 0) is 58.9 Å². The normalized spacial score (nSPS) is 14.9. The third kappa shape index (κ3) is 10.0. The van der Waals surface area contributed by atoms with Crippen LogP contribution in [0.25, 0.3) is 0 Å². The fourth-order valence-corrected chi connectivity index (χ4v) is 3.91. The number of carbonyl (C=O) groups is 2. The largest absolute Gasteiger partial charge is 0.375 e. The first-order chi connectivity index (χ1) is 15.9. The van der Waals surface area contributed by atoms with Crippen LogP contribution in [0.5, 0.6) is 0 Å². The van der Waals surface area contributed by atoms with E-state index in [0.717, 1.165) is 18.4 Å². The van der Waals surface area contributed by atoms with Crippen LogP contribution in [0.15, 0.2) is 43.0 Å². The highest BCUT2D eigenvalue weighted by molar-refractivity contribution is 5.89. The molecule has 0 heterocycles. The molecule has 2 atom stereocenters. The fraction of sp³-hybridized carbons (Fsp3) is 0.677. The van der Waals surface area contributed by atoms with E-state index < -0.39 is 22.7 Å². The zero-order valence-electron chi connectivity index (χ0n) is 24.0. The van der Waals surface area contributed by atoms with Gasteiger partial charge in [0, 0.05) is 24.9 Å². The summed E-state index contributed by atoms with van der Waals surface area (Å²) < 4.78 is 12.6. The predicted octanol–water partition coefficient (Wildman–Crippen LogP) is 7.39. The maximum atomic E-state index is 13.9. The molecular weight excluding hydrogens is 436 g/mol. The Balaban J connectivity index is 2.96. The van der Waals surface area contributed by atoms with Crippen LogP contribution < -0.4 is 0 Å². The van der Waals surface area contributed by atoms with Crippen molar-refractivity contribution in [1.82, 2.24) is 0 Å². The van der Waals surface area contributed by atoms with Crippen molar-refractivity contribution in [2.75, 3.05) is 6.61 Å². The summed E-state index contributed by atoms with van der Waals surface area (Å²) in [5.41, 5.74) is -1.23. The van der Waals surface area contributed by atoms with E-state index >= 15 is 0 Å². The van der Waals surface area contributed by atoms with Crippen LogP contribution in [-0.2, 0) is 25.5 Å². The molecule has 0 aliphatic rings. The molecule has 35 heavy (non-hydrogen) atoms. The molecule has 0 aliphatic heterocycles. The summed E-state index contributed by atoms with van der Waals surface area (Å²) >= 11 is 0. The van der Waals surface area contributed by atoms with Crippen molar-refractivity contribution in [2.24, 2.45) is 16.7 Å². The van der Waals surface area contributed by atoms with Gasteiger partial charge in [0.05, 0.1) is 16.6 Å². The van der Waals surface area contributed by atoms with Crippen molar-refractivity contribution >= 4 is 11.6 Å². The van der Waals surface area contributed by atoms with Gasteiger partial charge in [-0.1, -0.05) is 71.0 Å². The summed E-state index contributed by atoms with van der Waals surface area (Å²) in [6.45, 7) is 24.0. The minimum atomic E-state index is -0.785. The molecule has 0 spiro atoms. The lowest BCUT2D eigenvalue weighted by Crippen LogP contribution is -2.53. The molecule has 1 rings (SSSR count). The highest BCUT2D eigenvalue weighted by atomic mass is 16.5. The van der Waals surface area contributed by atoms with Crippen molar-refractivity contribution < 1.29 is 19.1 Å². The number of rotatable bonds is 14. The number of allylic oxidation sites excluding steroid dienone is 1. The van der Waals surface area contributed by atoms with E-state index in [2.05, 4.69) is 6.58 Å². The molecule has 0 fully saturated rings. The van der Waals surface area contributed by atoms with E-state index in [0.29, 0.717) is 19.4 Å². The van der Waals surface area contributed by atoms with E-state index in [4.69, 9.17) is 9.47 Å². The monoisotopic (exact) mass is 486 g/mol. The quantitative estimate of drug-likeness (QED) is 0.257. The molecule has 0 aromatic heterocycles. The van der Waals surface area contributed by atoms with E-state index in [9.17, 15) is 9.59 Å². The molecule has 0 amide bonds. The van der Waals surface area contributed by atoms with Gasteiger partial charge in [-0.3, -0.25) is 9.59 Å². The standard InChI is InChI=1S/C31H50O4/c1-12-16-23(22-26(32)28(2,3)4)19-20-34-31(10,11)30(8,9)27(33)25(35-29(5,6)7)21-24-17-14-13-15-18-24/h12-15,17-18,23,25H,1,16,19-22H2,2-11H3. The summed E-state index contributed by atoms with van der Waals surface area (Å²) in [6.07, 6.45) is 3.85. The Kier molecular flexibility index (Phi) is 11.1. The Morgan fingerprint density at radius 3 is 2.00 bits per heavy atom. The number of hydrogen-bond donors (Lipinski definition) is 0. The first-order valence-corrected chi connectivity index (χ1v) is 12.9. The molecule has 0 saturated heterocycles. The lowest BCUT2D eigenvalue weighted by atomic mass is 9.71. The van der Waals surface area contributed by atoms with Gasteiger partial charge in [-0.25, -0.2) is 0 Å². The minimum absolute atomic E-state index is 0.0341. The summed E-state index contributed by atoms with van der Waals surface area (Å²) in [7, 11) is 0. The van der Waals surface area contributed by atoms with Crippen LogP contribution in [0.3, 0.4) is 0 Å². The van der Waals surface area contributed by atoms with Gasteiger partial charge in [-0.15, -0.1) is 6.58 Å². The molecule has 0 saturated carbocycles. The van der Waals surface area contributed by atoms with Crippen LogP contribution in [0.2, 0.25) is 0 Å². The summed E-state index contributed by atoms with van der Waals surface area (Å²) in [5.74, 6) is 0.470. The van der Waals surface area contributed by atoms with Crippen molar-refractivity contribution in [3.05, 3.63) is 48.6 Å². The second-order valence-electron chi connectivity index (χ2n) is 12.8. The van der Waals surface area contributed by atoms with Crippen molar-refractivity contribution in [3.8, 4) is 0 Å². The molecule has 198 valence electrons. The smallest absolute Gasteiger partial charge is 0.170 e. The maximum Gasteiger partial charge on any atom is 0.170 e. The number of ketones is 2. The van der Waals surface area contributed by atoms with Crippen molar-refractivity contribution in [1.29, 1.82) is 0 Å². The average Bonchev–Trinajstić information content (AvgIpc) is 2.71. The Labute approximate surface area is 214 Å². The SMILES string of the molecule is C=CCC(CCOC(C)(C)C(C)(C)C(=O)C(Cc1ccccc1)OC(C)(C)C)CC(=O)C(C)(C)C. The van der Waals surface area contributed by atoms with Crippen LogP contribution in [0.1, 0.15) is 94.1 Å². The Bertz CT molecular complexity index is 822. The predicted molar refractivity (Wildman–Crippen MR) is 146 cm³/mol. The molecule has 4 heteroatoms. The highest BCUT2D eigenvalue weighted by Crippen LogP contribution is 2.38. The first kappa shape index (κ1) is 31.3. The highest BCUT2D eigenvalue weighted by Gasteiger charge is 2.47. The van der Waals surface area contributed by atoms with Crippen molar-refractivity contribution in [3.63, 3.8) is 0 Å². The van der Waals surface area contributed by atoms with E-state index in [1.165, 1.54) is 0 Å². The van der Waals surface area contributed by atoms with Crippen LogP contribution in [-0.4, -0.2) is 35.5 Å². The zero-order valence-corrected chi connectivity index (χ0v) is 24.0. The molecule has 4 nitrogen and oxygen atoms in total.